The molecule has 1 aliphatic heterocycles. The number of hydrogen-bond acceptors (Lipinski definition) is 1. The fraction of sp³-hybridized carbons (Fsp3) is 0.824. The molecule has 2 heteroatoms. The molecule has 1 atom stereocenters. The Morgan fingerprint density at radius 3 is 2.58 bits per heavy atom. The van der Waals surface area contributed by atoms with Gasteiger partial charge in [-0.2, -0.15) is 0 Å². The molecule has 0 N–H and O–H groups in total. The van der Waals surface area contributed by atoms with E-state index in [1.807, 2.05) is 0 Å². The van der Waals surface area contributed by atoms with Crippen LogP contribution in [0, 0.1) is 5.92 Å². The van der Waals surface area contributed by atoms with Crippen molar-refractivity contribution in [2.75, 3.05) is 6.54 Å². The van der Waals surface area contributed by atoms with E-state index in [4.69, 9.17) is 0 Å². The maximum absolute atomic E-state index is 11.9. The molecule has 0 saturated carbocycles. The van der Waals surface area contributed by atoms with E-state index < -0.39 is 0 Å². The molecule has 19 heavy (non-hydrogen) atoms. The molecule has 0 aromatic rings. The highest BCUT2D eigenvalue weighted by molar-refractivity contribution is 5.77. The van der Waals surface area contributed by atoms with Crippen molar-refractivity contribution in [2.45, 2.75) is 77.6 Å². The highest BCUT2D eigenvalue weighted by Gasteiger charge is 2.21. The molecular formula is C17H31NO. The summed E-state index contributed by atoms with van der Waals surface area (Å²) in [6.07, 6.45) is 15.5. The van der Waals surface area contributed by atoms with Gasteiger partial charge in [-0.1, -0.05) is 58.4 Å². The summed E-state index contributed by atoms with van der Waals surface area (Å²) in [6, 6.07) is 0. The zero-order valence-electron chi connectivity index (χ0n) is 12.7. The molecule has 2 nitrogen and oxygen atoms in total. The van der Waals surface area contributed by atoms with Crippen molar-refractivity contribution in [2.24, 2.45) is 5.92 Å². The lowest BCUT2D eigenvalue weighted by Gasteiger charge is -2.15. The van der Waals surface area contributed by atoms with Crippen LogP contribution in [0.25, 0.3) is 0 Å². The van der Waals surface area contributed by atoms with Crippen LogP contribution in [-0.2, 0) is 4.79 Å². The first-order valence-electron chi connectivity index (χ1n) is 8.20. The number of hydrogen-bond donors (Lipinski definition) is 0. The van der Waals surface area contributed by atoms with Crippen LogP contribution in [0.3, 0.4) is 0 Å². The smallest absolute Gasteiger partial charge is 0.226 e. The predicted molar refractivity (Wildman–Crippen MR) is 81.9 cm³/mol. The maximum atomic E-state index is 11.9. The second-order valence-electron chi connectivity index (χ2n) is 5.89. The van der Waals surface area contributed by atoms with Crippen LogP contribution in [-0.4, -0.2) is 17.4 Å². The Morgan fingerprint density at radius 2 is 1.89 bits per heavy atom. The van der Waals surface area contributed by atoms with Gasteiger partial charge in [0.1, 0.15) is 0 Å². The fourth-order valence-electron chi connectivity index (χ4n) is 2.97. The molecule has 1 aliphatic rings. The largest absolute Gasteiger partial charge is 0.320 e. The molecule has 1 amide bonds. The lowest BCUT2D eigenvalue weighted by atomic mass is 9.93. The summed E-state index contributed by atoms with van der Waals surface area (Å²) in [5.74, 6) is 0.897. The van der Waals surface area contributed by atoms with Gasteiger partial charge >= 0.3 is 0 Å². The van der Waals surface area contributed by atoms with Crippen LogP contribution >= 0.6 is 0 Å². The van der Waals surface area contributed by atoms with Gasteiger partial charge in [0.25, 0.3) is 0 Å². The summed E-state index contributed by atoms with van der Waals surface area (Å²) in [6.45, 7) is 6.85. The zero-order valence-corrected chi connectivity index (χ0v) is 12.7. The van der Waals surface area contributed by atoms with Gasteiger partial charge in [-0.25, -0.2) is 0 Å². The van der Waals surface area contributed by atoms with Crippen molar-refractivity contribution in [1.29, 1.82) is 0 Å². The molecule has 0 radical (unpaired) electrons. The molecule has 0 spiro atoms. The van der Waals surface area contributed by atoms with E-state index in [-0.39, 0.29) is 5.91 Å². The number of likely N-dealkylation sites (tertiary alicyclic amines) is 1. The molecular weight excluding hydrogens is 234 g/mol. The standard InChI is InChI=1S/C17H31NO/c1-3-5-6-7-8-9-10-12-16-13-11-14-18(4-2)17(19)15-16/h4,16H,2-3,5-15H2,1H3. The van der Waals surface area contributed by atoms with Gasteiger partial charge in [0, 0.05) is 13.0 Å². The number of rotatable bonds is 9. The highest BCUT2D eigenvalue weighted by atomic mass is 16.2. The van der Waals surface area contributed by atoms with Crippen molar-refractivity contribution >= 4 is 5.91 Å². The van der Waals surface area contributed by atoms with Crippen molar-refractivity contribution in [1.82, 2.24) is 4.90 Å². The van der Waals surface area contributed by atoms with Crippen LogP contribution < -0.4 is 0 Å². The Labute approximate surface area is 119 Å². The van der Waals surface area contributed by atoms with Gasteiger partial charge in [-0.05, 0) is 31.4 Å². The predicted octanol–water partition coefficient (Wildman–Crippen LogP) is 4.90. The third-order valence-corrected chi connectivity index (χ3v) is 4.23. The van der Waals surface area contributed by atoms with Crippen molar-refractivity contribution in [3.05, 3.63) is 12.8 Å². The van der Waals surface area contributed by atoms with Gasteiger partial charge in [0.2, 0.25) is 5.91 Å². The van der Waals surface area contributed by atoms with E-state index in [2.05, 4.69) is 13.5 Å². The number of nitrogens with zero attached hydrogens (tertiary/aromatic N) is 1. The Balaban J connectivity index is 2.09. The van der Waals surface area contributed by atoms with E-state index in [1.54, 1.807) is 11.1 Å². The van der Waals surface area contributed by atoms with E-state index in [0.29, 0.717) is 5.92 Å². The zero-order chi connectivity index (χ0) is 13.9. The van der Waals surface area contributed by atoms with Crippen LogP contribution in [0.15, 0.2) is 12.8 Å². The summed E-state index contributed by atoms with van der Waals surface area (Å²) in [5, 5.41) is 0. The normalized spacial score (nSPS) is 20.4. The minimum absolute atomic E-state index is 0.278. The molecule has 0 aliphatic carbocycles. The van der Waals surface area contributed by atoms with Crippen molar-refractivity contribution < 1.29 is 4.79 Å². The third-order valence-electron chi connectivity index (χ3n) is 4.23. The number of carbonyl (C=O) groups excluding carboxylic acids is 1. The molecule has 1 saturated heterocycles. The first-order valence-corrected chi connectivity index (χ1v) is 8.20. The van der Waals surface area contributed by atoms with Gasteiger partial charge in [0.05, 0.1) is 0 Å². The topological polar surface area (TPSA) is 20.3 Å². The number of unbranched alkanes of at least 4 members (excludes halogenated alkanes) is 6. The molecule has 0 aromatic carbocycles. The van der Waals surface area contributed by atoms with E-state index in [9.17, 15) is 4.79 Å². The van der Waals surface area contributed by atoms with Crippen molar-refractivity contribution in [3.8, 4) is 0 Å². The second-order valence-corrected chi connectivity index (χ2v) is 5.89. The van der Waals surface area contributed by atoms with E-state index >= 15 is 0 Å². The Morgan fingerprint density at radius 1 is 1.21 bits per heavy atom. The van der Waals surface area contributed by atoms with Crippen LogP contribution in [0.4, 0.5) is 0 Å². The fourth-order valence-corrected chi connectivity index (χ4v) is 2.97. The highest BCUT2D eigenvalue weighted by Crippen LogP contribution is 2.24. The average Bonchev–Trinajstić information content (AvgIpc) is 2.59. The molecule has 1 heterocycles. The first-order chi connectivity index (χ1) is 9.27. The summed E-state index contributed by atoms with van der Waals surface area (Å²) in [4.78, 5) is 13.7. The molecule has 1 fully saturated rings. The molecule has 0 aromatic heterocycles. The summed E-state index contributed by atoms with van der Waals surface area (Å²) < 4.78 is 0. The van der Waals surface area contributed by atoms with Crippen LogP contribution in [0.2, 0.25) is 0 Å². The first kappa shape index (κ1) is 16.3. The lowest BCUT2D eigenvalue weighted by molar-refractivity contribution is -0.128. The number of amides is 1. The van der Waals surface area contributed by atoms with Gasteiger partial charge in [0.15, 0.2) is 0 Å². The summed E-state index contributed by atoms with van der Waals surface area (Å²) in [5.41, 5.74) is 0. The van der Waals surface area contributed by atoms with Gasteiger partial charge in [-0.3, -0.25) is 4.79 Å². The Hall–Kier alpha value is -0.790. The Kier molecular flexibility index (Phi) is 8.61. The lowest BCUT2D eigenvalue weighted by Crippen LogP contribution is -2.24. The molecule has 1 unspecified atom stereocenters. The SMILES string of the molecule is C=CN1CCCC(CCCCCCCCC)CC1=O. The van der Waals surface area contributed by atoms with Crippen LogP contribution in [0.5, 0.6) is 0 Å². The van der Waals surface area contributed by atoms with Gasteiger partial charge < -0.3 is 4.90 Å². The molecule has 110 valence electrons. The maximum Gasteiger partial charge on any atom is 0.226 e. The minimum Gasteiger partial charge on any atom is -0.320 e. The monoisotopic (exact) mass is 265 g/mol. The Bertz CT molecular complexity index is 262. The van der Waals surface area contributed by atoms with E-state index in [1.165, 1.54) is 57.8 Å². The molecule has 1 rings (SSSR count). The van der Waals surface area contributed by atoms with Crippen molar-refractivity contribution in [3.63, 3.8) is 0 Å². The summed E-state index contributed by atoms with van der Waals surface area (Å²) >= 11 is 0. The average molecular weight is 265 g/mol. The van der Waals surface area contributed by atoms with Crippen LogP contribution in [0.1, 0.15) is 77.6 Å². The second kappa shape index (κ2) is 10.1. The number of carbonyl (C=O) groups is 1. The van der Waals surface area contributed by atoms with Gasteiger partial charge in [-0.15, -0.1) is 0 Å². The minimum atomic E-state index is 0.278. The third kappa shape index (κ3) is 6.79. The summed E-state index contributed by atoms with van der Waals surface area (Å²) in [7, 11) is 0. The van der Waals surface area contributed by atoms with E-state index in [0.717, 1.165) is 19.4 Å². The quantitative estimate of drug-likeness (QED) is 0.543. The molecule has 0 bridgehead atoms.